The van der Waals surface area contributed by atoms with Crippen molar-refractivity contribution in [1.82, 2.24) is 0 Å². The third-order valence-electron chi connectivity index (χ3n) is 2.69. The fraction of sp³-hybridized carbons (Fsp3) is 0.786. The molecule has 0 saturated heterocycles. The summed E-state index contributed by atoms with van der Waals surface area (Å²) in [5.74, 6) is 0.124. The summed E-state index contributed by atoms with van der Waals surface area (Å²) < 4.78 is 5.42. The highest BCUT2D eigenvalue weighted by Crippen LogP contribution is 2.16. The van der Waals surface area contributed by atoms with Gasteiger partial charge in [0.25, 0.3) is 0 Å². The Morgan fingerprint density at radius 1 is 1.25 bits per heavy atom. The molecule has 0 saturated carbocycles. The Morgan fingerprint density at radius 2 is 1.88 bits per heavy atom. The van der Waals surface area contributed by atoms with Crippen molar-refractivity contribution in [3.8, 4) is 0 Å². The van der Waals surface area contributed by atoms with E-state index in [9.17, 15) is 4.79 Å². The van der Waals surface area contributed by atoms with Gasteiger partial charge in [0.2, 0.25) is 0 Å². The molecule has 0 aromatic heterocycles. The van der Waals surface area contributed by atoms with Crippen molar-refractivity contribution >= 4 is 5.97 Å². The summed E-state index contributed by atoms with van der Waals surface area (Å²) in [5, 5.41) is 0. The van der Waals surface area contributed by atoms with Gasteiger partial charge in [-0.2, -0.15) is 0 Å². The fourth-order valence-electron chi connectivity index (χ4n) is 1.54. The number of esters is 1. The molecule has 1 atom stereocenters. The fourth-order valence-corrected chi connectivity index (χ4v) is 1.54. The van der Waals surface area contributed by atoms with E-state index in [0.29, 0.717) is 11.5 Å². The predicted molar refractivity (Wildman–Crippen MR) is 68.3 cm³/mol. The van der Waals surface area contributed by atoms with E-state index in [1.807, 2.05) is 0 Å². The Labute approximate surface area is 100 Å². The molecular formula is C14H26O2. The summed E-state index contributed by atoms with van der Waals surface area (Å²) in [6, 6.07) is 0. The van der Waals surface area contributed by atoms with Crippen molar-refractivity contribution in [2.45, 2.75) is 65.9 Å². The van der Waals surface area contributed by atoms with Crippen LogP contribution in [0.25, 0.3) is 0 Å². The lowest BCUT2D eigenvalue weighted by Gasteiger charge is -2.21. The molecule has 0 heterocycles. The third-order valence-corrected chi connectivity index (χ3v) is 2.69. The highest BCUT2D eigenvalue weighted by molar-refractivity contribution is 5.87. The molecule has 0 aromatic carbocycles. The number of carbonyl (C=O) groups is 1. The van der Waals surface area contributed by atoms with Crippen LogP contribution in [-0.4, -0.2) is 12.1 Å². The molecule has 2 heteroatoms. The summed E-state index contributed by atoms with van der Waals surface area (Å²) in [6.45, 7) is 11.7. The van der Waals surface area contributed by atoms with Crippen LogP contribution in [0.15, 0.2) is 12.2 Å². The molecule has 0 fully saturated rings. The molecule has 0 rings (SSSR count). The van der Waals surface area contributed by atoms with E-state index < -0.39 is 0 Å². The molecule has 0 spiro atoms. The van der Waals surface area contributed by atoms with E-state index in [1.165, 1.54) is 19.3 Å². The molecule has 0 aliphatic heterocycles. The minimum atomic E-state index is -0.255. The molecule has 0 amide bonds. The summed E-state index contributed by atoms with van der Waals surface area (Å²) in [7, 11) is 0. The quantitative estimate of drug-likeness (QED) is 0.354. The molecule has 0 aromatic rings. The van der Waals surface area contributed by atoms with Crippen LogP contribution in [-0.2, 0) is 9.53 Å². The Balaban J connectivity index is 3.98. The monoisotopic (exact) mass is 226 g/mol. The van der Waals surface area contributed by atoms with Gasteiger partial charge >= 0.3 is 5.97 Å². The lowest BCUT2D eigenvalue weighted by atomic mass is 10.00. The van der Waals surface area contributed by atoms with Gasteiger partial charge in [0.15, 0.2) is 0 Å². The molecule has 0 aliphatic carbocycles. The van der Waals surface area contributed by atoms with Crippen molar-refractivity contribution in [1.29, 1.82) is 0 Å². The number of rotatable bonds is 8. The SMILES string of the molecule is C=C(C)C(=O)OC(CCCCCC)C(C)C. The average molecular weight is 226 g/mol. The zero-order chi connectivity index (χ0) is 12.6. The minimum Gasteiger partial charge on any atom is -0.459 e. The van der Waals surface area contributed by atoms with Crippen molar-refractivity contribution in [2.24, 2.45) is 5.92 Å². The first-order valence-electron chi connectivity index (χ1n) is 6.35. The molecule has 0 N–H and O–H groups in total. The van der Waals surface area contributed by atoms with E-state index in [1.54, 1.807) is 6.92 Å². The van der Waals surface area contributed by atoms with Crippen LogP contribution in [0.4, 0.5) is 0 Å². The second-order valence-corrected chi connectivity index (χ2v) is 4.82. The van der Waals surface area contributed by atoms with Gasteiger partial charge in [-0.1, -0.05) is 46.6 Å². The molecule has 1 unspecified atom stereocenters. The van der Waals surface area contributed by atoms with Crippen molar-refractivity contribution < 1.29 is 9.53 Å². The number of ether oxygens (including phenoxy) is 1. The maximum absolute atomic E-state index is 11.4. The largest absolute Gasteiger partial charge is 0.459 e. The van der Waals surface area contributed by atoms with Gasteiger partial charge in [-0.25, -0.2) is 4.79 Å². The Morgan fingerprint density at radius 3 is 2.31 bits per heavy atom. The summed E-state index contributed by atoms with van der Waals surface area (Å²) in [4.78, 5) is 11.4. The van der Waals surface area contributed by atoms with Gasteiger partial charge in [-0.05, 0) is 25.7 Å². The van der Waals surface area contributed by atoms with Crippen LogP contribution >= 0.6 is 0 Å². The van der Waals surface area contributed by atoms with E-state index >= 15 is 0 Å². The Kier molecular flexibility index (Phi) is 7.96. The molecule has 0 bridgehead atoms. The minimum absolute atomic E-state index is 0.0426. The van der Waals surface area contributed by atoms with Gasteiger partial charge in [0.1, 0.15) is 6.10 Å². The van der Waals surface area contributed by atoms with Crippen LogP contribution < -0.4 is 0 Å². The highest BCUT2D eigenvalue weighted by Gasteiger charge is 2.17. The van der Waals surface area contributed by atoms with Crippen LogP contribution in [0, 0.1) is 5.92 Å². The number of hydrogen-bond donors (Lipinski definition) is 0. The molecule has 2 nitrogen and oxygen atoms in total. The lowest BCUT2D eigenvalue weighted by molar-refractivity contribution is -0.146. The number of carbonyl (C=O) groups excluding carboxylic acids is 1. The summed E-state index contributed by atoms with van der Waals surface area (Å²) in [5.41, 5.74) is 0.485. The van der Waals surface area contributed by atoms with Crippen LogP contribution in [0.5, 0.6) is 0 Å². The van der Waals surface area contributed by atoms with Gasteiger partial charge < -0.3 is 4.74 Å². The smallest absolute Gasteiger partial charge is 0.333 e. The Hall–Kier alpha value is -0.790. The Bertz CT molecular complexity index is 219. The zero-order valence-corrected chi connectivity index (χ0v) is 11.2. The van der Waals surface area contributed by atoms with Crippen molar-refractivity contribution in [2.75, 3.05) is 0 Å². The first-order chi connectivity index (χ1) is 7.49. The third kappa shape index (κ3) is 6.65. The topological polar surface area (TPSA) is 26.3 Å². The maximum Gasteiger partial charge on any atom is 0.333 e. The van der Waals surface area contributed by atoms with E-state index in [-0.39, 0.29) is 12.1 Å². The van der Waals surface area contributed by atoms with E-state index in [0.717, 1.165) is 12.8 Å². The van der Waals surface area contributed by atoms with Crippen LogP contribution in [0.3, 0.4) is 0 Å². The average Bonchev–Trinajstić information content (AvgIpc) is 2.21. The summed E-state index contributed by atoms with van der Waals surface area (Å²) >= 11 is 0. The van der Waals surface area contributed by atoms with Crippen molar-refractivity contribution in [3.63, 3.8) is 0 Å². The number of hydrogen-bond acceptors (Lipinski definition) is 2. The van der Waals surface area contributed by atoms with Gasteiger partial charge in [-0.15, -0.1) is 0 Å². The van der Waals surface area contributed by atoms with E-state index in [2.05, 4.69) is 27.4 Å². The first-order valence-corrected chi connectivity index (χ1v) is 6.35. The first kappa shape index (κ1) is 15.2. The normalized spacial score (nSPS) is 12.6. The van der Waals surface area contributed by atoms with Crippen LogP contribution in [0.2, 0.25) is 0 Å². The standard InChI is InChI=1S/C14H26O2/c1-6-7-8-9-10-13(11(2)3)16-14(15)12(4)5/h11,13H,4,6-10H2,1-3,5H3. The predicted octanol–water partition coefficient (Wildman–Crippen LogP) is 4.10. The van der Waals surface area contributed by atoms with Crippen LogP contribution in [0.1, 0.15) is 59.8 Å². The molecule has 16 heavy (non-hydrogen) atoms. The molecule has 94 valence electrons. The van der Waals surface area contributed by atoms with Gasteiger partial charge in [0, 0.05) is 5.57 Å². The second-order valence-electron chi connectivity index (χ2n) is 4.82. The van der Waals surface area contributed by atoms with Crippen molar-refractivity contribution in [3.05, 3.63) is 12.2 Å². The number of unbranched alkanes of at least 4 members (excludes halogenated alkanes) is 3. The zero-order valence-electron chi connectivity index (χ0n) is 11.2. The molecule has 0 aliphatic rings. The lowest BCUT2D eigenvalue weighted by Crippen LogP contribution is -2.23. The van der Waals surface area contributed by atoms with Gasteiger partial charge in [0.05, 0.1) is 0 Å². The molecule has 0 radical (unpaired) electrons. The highest BCUT2D eigenvalue weighted by atomic mass is 16.5. The maximum atomic E-state index is 11.4. The summed E-state index contributed by atoms with van der Waals surface area (Å²) in [6.07, 6.45) is 5.87. The second kappa shape index (κ2) is 8.37. The van der Waals surface area contributed by atoms with E-state index in [4.69, 9.17) is 4.74 Å². The van der Waals surface area contributed by atoms with Gasteiger partial charge in [-0.3, -0.25) is 0 Å². The molecular weight excluding hydrogens is 200 g/mol.